The van der Waals surface area contributed by atoms with Crippen LogP contribution in [0.1, 0.15) is 65.8 Å². The molecule has 4 aromatic rings. The first-order valence-electron chi connectivity index (χ1n) is 14.5. The highest BCUT2D eigenvalue weighted by Gasteiger charge is 2.47. The molecule has 2 aliphatic carbocycles. The number of nitrogens with zero attached hydrogens (tertiary/aromatic N) is 3. The molecule has 2 amide bonds. The molecule has 3 heterocycles. The van der Waals surface area contributed by atoms with Gasteiger partial charge >= 0.3 is 0 Å². The van der Waals surface area contributed by atoms with Gasteiger partial charge in [-0.3, -0.25) is 9.59 Å². The van der Waals surface area contributed by atoms with Gasteiger partial charge in [-0.2, -0.15) is 5.10 Å². The Hall–Kier alpha value is -4.51. The molecule has 2 saturated carbocycles. The van der Waals surface area contributed by atoms with E-state index in [1.54, 1.807) is 41.8 Å². The molecule has 4 N–H and O–H groups in total. The molecule has 11 heteroatoms. The number of rotatable bonds is 12. The van der Waals surface area contributed by atoms with E-state index in [-0.39, 0.29) is 31.2 Å². The van der Waals surface area contributed by atoms with Crippen molar-refractivity contribution < 1.29 is 28.6 Å². The lowest BCUT2D eigenvalue weighted by atomic mass is 9.90. The molecule has 1 atom stereocenters. The summed E-state index contributed by atoms with van der Waals surface area (Å²) in [4.78, 5) is 30.3. The van der Waals surface area contributed by atoms with Gasteiger partial charge in [0.2, 0.25) is 11.8 Å². The summed E-state index contributed by atoms with van der Waals surface area (Å²) in [5.74, 6) is -0.352. The zero-order valence-electron chi connectivity index (χ0n) is 24.1. The number of carbonyl (C=O) groups excluding carboxylic acids is 2. The predicted octanol–water partition coefficient (Wildman–Crippen LogP) is 3.88. The van der Waals surface area contributed by atoms with Crippen LogP contribution in [-0.4, -0.2) is 51.8 Å². The van der Waals surface area contributed by atoms with E-state index in [0.717, 1.165) is 36.9 Å². The zero-order valence-corrected chi connectivity index (χ0v) is 24.1. The first-order valence-corrected chi connectivity index (χ1v) is 14.5. The summed E-state index contributed by atoms with van der Waals surface area (Å²) in [6.45, 7) is 1.96. The summed E-state index contributed by atoms with van der Waals surface area (Å²) in [5, 5.41) is 19.7. The number of primary amides is 1. The lowest BCUT2D eigenvalue weighted by Gasteiger charge is -2.30. The maximum atomic E-state index is 13.8. The second-order valence-electron chi connectivity index (χ2n) is 11.3. The van der Waals surface area contributed by atoms with Gasteiger partial charge in [0.1, 0.15) is 22.9 Å². The number of amides is 2. The number of nitrogens with one attached hydrogen (secondary N) is 1. The lowest BCUT2D eigenvalue weighted by molar-refractivity contribution is -0.117. The number of hydrogen-bond acceptors (Lipinski definition) is 7. The highest BCUT2D eigenvalue weighted by atomic mass is 19.1. The molecule has 6 rings (SSSR count). The molecule has 0 spiro atoms. The maximum Gasteiger partial charge on any atom is 0.251 e. The number of fused-ring (bicyclic) bond motifs is 1. The van der Waals surface area contributed by atoms with Gasteiger partial charge in [-0.05, 0) is 81.0 Å². The van der Waals surface area contributed by atoms with E-state index in [4.69, 9.17) is 20.2 Å². The summed E-state index contributed by atoms with van der Waals surface area (Å²) in [6.07, 6.45) is 3.52. The Labute approximate surface area is 248 Å². The Kier molecular flexibility index (Phi) is 7.51. The normalized spacial score (nSPS) is 16.1. The van der Waals surface area contributed by atoms with Crippen LogP contribution in [0, 0.1) is 11.7 Å². The number of hydrogen-bond donors (Lipinski definition) is 3. The van der Waals surface area contributed by atoms with Crippen molar-refractivity contribution in [1.29, 1.82) is 0 Å². The highest BCUT2D eigenvalue weighted by Crippen LogP contribution is 2.47. The molecule has 10 nitrogen and oxygen atoms in total. The molecule has 0 saturated heterocycles. The minimum Gasteiger partial charge on any atom is -0.491 e. The third-order valence-electron chi connectivity index (χ3n) is 8.05. The fourth-order valence-electron chi connectivity index (χ4n) is 5.50. The van der Waals surface area contributed by atoms with Gasteiger partial charge in [-0.1, -0.05) is 0 Å². The Morgan fingerprint density at radius 2 is 1.88 bits per heavy atom. The molecule has 0 unspecified atom stereocenters. The van der Waals surface area contributed by atoms with Crippen molar-refractivity contribution in [2.45, 2.75) is 50.5 Å². The standard InChI is InChI=1S/C32H34FN5O5/c1-3-43-30-20(14-27(34)39)13-26(36-29(30)19-6-10-23(33)11-7-19)32(41,22-8-9-22)17-35-31(40)21-12-24-16-25(18-4-5-18)37-38(24)28(15-21)42-2/h6-7,10-13,15-16,18,22,41H,3-5,8-9,14,17H2,1-2H3,(H2,34,39)(H,35,40)/t32-/m1/s1. The van der Waals surface area contributed by atoms with Crippen molar-refractivity contribution in [2.75, 3.05) is 20.3 Å². The van der Waals surface area contributed by atoms with E-state index in [1.807, 2.05) is 6.07 Å². The van der Waals surface area contributed by atoms with E-state index in [9.17, 15) is 19.1 Å². The van der Waals surface area contributed by atoms with Gasteiger partial charge in [0.15, 0.2) is 0 Å². The lowest BCUT2D eigenvalue weighted by Crippen LogP contribution is -2.43. The molecule has 1 aromatic carbocycles. The van der Waals surface area contributed by atoms with Gasteiger partial charge in [0, 0.05) is 28.7 Å². The number of carbonyl (C=O) groups is 2. The van der Waals surface area contributed by atoms with Crippen molar-refractivity contribution in [3.8, 4) is 22.9 Å². The summed E-state index contributed by atoms with van der Waals surface area (Å²) in [5.41, 5.74) is 7.74. The monoisotopic (exact) mass is 587 g/mol. The minimum absolute atomic E-state index is 0.129. The van der Waals surface area contributed by atoms with Crippen molar-refractivity contribution in [3.63, 3.8) is 0 Å². The number of halogens is 1. The average molecular weight is 588 g/mol. The SMILES string of the molecule is CCOc1c(CC(N)=O)cc([C@@](O)(CNC(=O)c2cc(OC)n3nc(C4CC4)cc3c2)C2CC2)nc1-c1ccc(F)cc1. The Morgan fingerprint density at radius 1 is 1.14 bits per heavy atom. The molecular weight excluding hydrogens is 553 g/mol. The first-order chi connectivity index (χ1) is 20.7. The van der Waals surface area contributed by atoms with Crippen LogP contribution in [0.5, 0.6) is 11.6 Å². The van der Waals surface area contributed by atoms with E-state index < -0.39 is 23.2 Å². The Bertz CT molecular complexity index is 1700. The van der Waals surface area contributed by atoms with E-state index in [2.05, 4.69) is 10.4 Å². The van der Waals surface area contributed by atoms with Gasteiger partial charge in [-0.25, -0.2) is 13.9 Å². The van der Waals surface area contributed by atoms with Crippen LogP contribution in [0.15, 0.2) is 48.5 Å². The largest absolute Gasteiger partial charge is 0.491 e. The molecule has 2 fully saturated rings. The zero-order chi connectivity index (χ0) is 30.3. The Morgan fingerprint density at radius 3 is 2.51 bits per heavy atom. The first kappa shape index (κ1) is 28.6. The summed E-state index contributed by atoms with van der Waals surface area (Å²) in [6, 6.07) is 12.7. The number of pyridine rings is 2. The maximum absolute atomic E-state index is 13.8. The molecular formula is C32H34FN5O5. The second kappa shape index (κ2) is 11.3. The average Bonchev–Trinajstić information content (AvgIpc) is 3.93. The Balaban J connectivity index is 1.35. The third kappa shape index (κ3) is 5.77. The van der Waals surface area contributed by atoms with Crippen LogP contribution in [-0.2, 0) is 16.8 Å². The number of aromatic nitrogens is 3. The molecule has 3 aromatic heterocycles. The smallest absolute Gasteiger partial charge is 0.251 e. The number of methoxy groups -OCH3 is 1. The van der Waals surface area contributed by atoms with Crippen LogP contribution >= 0.6 is 0 Å². The number of ether oxygens (including phenoxy) is 2. The highest BCUT2D eigenvalue weighted by molar-refractivity contribution is 5.95. The quantitative estimate of drug-likeness (QED) is 0.229. The number of nitrogens with two attached hydrogens (primary N) is 1. The van der Waals surface area contributed by atoms with Gasteiger partial charge in [0.05, 0.1) is 43.6 Å². The van der Waals surface area contributed by atoms with Gasteiger partial charge in [-0.15, -0.1) is 0 Å². The third-order valence-corrected chi connectivity index (χ3v) is 8.05. The van der Waals surface area contributed by atoms with Crippen LogP contribution in [0.4, 0.5) is 4.39 Å². The molecule has 0 radical (unpaired) electrons. The summed E-state index contributed by atoms with van der Waals surface area (Å²) >= 11 is 0. The number of benzene rings is 1. The molecule has 43 heavy (non-hydrogen) atoms. The predicted molar refractivity (Wildman–Crippen MR) is 156 cm³/mol. The van der Waals surface area contributed by atoms with Crippen molar-refractivity contribution in [1.82, 2.24) is 19.9 Å². The fraction of sp³-hybridized carbons (Fsp3) is 0.375. The summed E-state index contributed by atoms with van der Waals surface area (Å²) < 4.78 is 26.9. The van der Waals surface area contributed by atoms with Crippen LogP contribution in [0.3, 0.4) is 0 Å². The number of aliphatic hydroxyl groups is 1. The van der Waals surface area contributed by atoms with Crippen LogP contribution in [0.2, 0.25) is 0 Å². The molecule has 2 aliphatic rings. The van der Waals surface area contributed by atoms with Gasteiger partial charge < -0.3 is 25.6 Å². The van der Waals surface area contributed by atoms with E-state index in [1.165, 1.54) is 19.2 Å². The molecule has 0 bridgehead atoms. The molecule has 0 aliphatic heterocycles. The van der Waals surface area contributed by atoms with Crippen LogP contribution in [0.25, 0.3) is 16.8 Å². The second-order valence-corrected chi connectivity index (χ2v) is 11.3. The van der Waals surface area contributed by atoms with Crippen LogP contribution < -0.4 is 20.5 Å². The van der Waals surface area contributed by atoms with Crippen molar-refractivity contribution in [3.05, 3.63) is 76.9 Å². The summed E-state index contributed by atoms with van der Waals surface area (Å²) in [7, 11) is 1.53. The van der Waals surface area contributed by atoms with E-state index >= 15 is 0 Å². The van der Waals surface area contributed by atoms with E-state index in [0.29, 0.717) is 39.9 Å². The molecule has 224 valence electrons. The van der Waals surface area contributed by atoms with Crippen molar-refractivity contribution >= 4 is 17.3 Å². The fourth-order valence-corrected chi connectivity index (χ4v) is 5.50. The topological polar surface area (TPSA) is 141 Å². The minimum atomic E-state index is -1.55. The van der Waals surface area contributed by atoms with Crippen molar-refractivity contribution in [2.24, 2.45) is 11.7 Å². The van der Waals surface area contributed by atoms with Gasteiger partial charge in [0.25, 0.3) is 5.91 Å².